The van der Waals surface area contributed by atoms with Crippen LogP contribution in [0, 0.1) is 5.92 Å². The van der Waals surface area contributed by atoms with Crippen molar-refractivity contribution in [1.82, 2.24) is 9.80 Å². The molecule has 0 atom stereocenters. The molecule has 7 heteroatoms. The Morgan fingerprint density at radius 2 is 1.71 bits per heavy atom. The zero-order valence-electron chi connectivity index (χ0n) is 13.9. The first-order valence-electron chi connectivity index (χ1n) is 8.54. The van der Waals surface area contributed by atoms with Crippen molar-refractivity contribution in [2.45, 2.75) is 38.6 Å². The van der Waals surface area contributed by atoms with Crippen LogP contribution in [0.1, 0.15) is 48.2 Å². The second kappa shape index (κ2) is 8.53. The number of hydrogen-bond donors (Lipinski definition) is 1. The standard InChI is InChI=1S/C17H25N3O3.ClH/c18-11-15-10-14(12-23-15)17(22)20-8-6-19(7-9-20)16(21)13-4-2-1-3-5-13;/h10,12-13H,1-9,11,18H2;1H. The highest BCUT2D eigenvalue weighted by Crippen LogP contribution is 2.26. The third-order valence-electron chi connectivity index (χ3n) is 4.93. The van der Waals surface area contributed by atoms with Gasteiger partial charge < -0.3 is 20.0 Å². The smallest absolute Gasteiger partial charge is 0.257 e. The summed E-state index contributed by atoms with van der Waals surface area (Å²) in [7, 11) is 0. The number of nitrogens with zero attached hydrogens (tertiary/aromatic N) is 2. The van der Waals surface area contributed by atoms with Gasteiger partial charge in [-0.3, -0.25) is 9.59 Å². The summed E-state index contributed by atoms with van der Waals surface area (Å²) in [5.74, 6) is 1.05. The second-order valence-electron chi connectivity index (χ2n) is 6.46. The Labute approximate surface area is 148 Å². The Balaban J connectivity index is 0.00000208. The van der Waals surface area contributed by atoms with Crippen LogP contribution in [0.25, 0.3) is 0 Å². The van der Waals surface area contributed by atoms with E-state index in [-0.39, 0.29) is 36.7 Å². The van der Waals surface area contributed by atoms with E-state index in [0.717, 1.165) is 12.8 Å². The number of carbonyl (C=O) groups is 2. The van der Waals surface area contributed by atoms with E-state index in [9.17, 15) is 9.59 Å². The predicted molar refractivity (Wildman–Crippen MR) is 92.9 cm³/mol. The van der Waals surface area contributed by atoms with Gasteiger partial charge in [0.05, 0.1) is 12.1 Å². The summed E-state index contributed by atoms with van der Waals surface area (Å²) in [6, 6.07) is 1.70. The number of furan rings is 1. The van der Waals surface area contributed by atoms with Crippen molar-refractivity contribution >= 4 is 24.2 Å². The molecule has 6 nitrogen and oxygen atoms in total. The number of nitrogens with two attached hydrogens (primary N) is 1. The number of rotatable bonds is 3. The van der Waals surface area contributed by atoms with Gasteiger partial charge in [-0.25, -0.2) is 0 Å². The van der Waals surface area contributed by atoms with E-state index in [2.05, 4.69) is 0 Å². The minimum Gasteiger partial charge on any atom is -0.467 e. The molecule has 3 rings (SSSR count). The van der Waals surface area contributed by atoms with Gasteiger partial charge in [0.25, 0.3) is 5.91 Å². The molecule has 1 aliphatic carbocycles. The average molecular weight is 356 g/mol. The minimum absolute atomic E-state index is 0. The van der Waals surface area contributed by atoms with Crippen LogP contribution in [-0.2, 0) is 11.3 Å². The minimum atomic E-state index is -0.0433. The molecule has 0 bridgehead atoms. The molecule has 2 fully saturated rings. The van der Waals surface area contributed by atoms with Gasteiger partial charge in [-0.2, -0.15) is 0 Å². The lowest BCUT2D eigenvalue weighted by atomic mass is 9.88. The Hall–Kier alpha value is -1.53. The van der Waals surface area contributed by atoms with E-state index in [1.54, 1.807) is 11.0 Å². The van der Waals surface area contributed by atoms with E-state index in [4.69, 9.17) is 10.2 Å². The van der Waals surface area contributed by atoms with Crippen LogP contribution < -0.4 is 5.73 Å². The zero-order valence-corrected chi connectivity index (χ0v) is 14.7. The highest BCUT2D eigenvalue weighted by molar-refractivity contribution is 5.94. The molecule has 0 unspecified atom stereocenters. The van der Waals surface area contributed by atoms with E-state index < -0.39 is 0 Å². The number of carbonyl (C=O) groups excluding carboxylic acids is 2. The quantitative estimate of drug-likeness (QED) is 0.899. The number of piperazine rings is 1. The normalized spacial score (nSPS) is 19.0. The van der Waals surface area contributed by atoms with Gasteiger partial charge in [-0.1, -0.05) is 19.3 Å². The molecule has 0 aromatic carbocycles. The first-order valence-corrected chi connectivity index (χ1v) is 8.54. The largest absolute Gasteiger partial charge is 0.467 e. The molecule has 2 amide bonds. The van der Waals surface area contributed by atoms with Gasteiger partial charge in [-0.15, -0.1) is 12.4 Å². The van der Waals surface area contributed by atoms with Crippen LogP contribution >= 0.6 is 12.4 Å². The van der Waals surface area contributed by atoms with E-state index in [0.29, 0.717) is 37.5 Å². The molecule has 2 N–H and O–H groups in total. The molecule has 1 saturated carbocycles. The van der Waals surface area contributed by atoms with Gasteiger partial charge in [0.1, 0.15) is 12.0 Å². The third-order valence-corrected chi connectivity index (χ3v) is 4.93. The van der Waals surface area contributed by atoms with Crippen molar-refractivity contribution in [3.8, 4) is 0 Å². The van der Waals surface area contributed by atoms with Crippen molar-refractivity contribution in [3.05, 3.63) is 23.7 Å². The van der Waals surface area contributed by atoms with E-state index in [1.807, 2.05) is 4.90 Å². The number of halogens is 1. The zero-order chi connectivity index (χ0) is 16.2. The molecule has 134 valence electrons. The first kappa shape index (κ1) is 18.8. The summed E-state index contributed by atoms with van der Waals surface area (Å²) in [5, 5.41) is 0. The van der Waals surface area contributed by atoms with Crippen molar-refractivity contribution in [3.63, 3.8) is 0 Å². The van der Waals surface area contributed by atoms with Crippen LogP contribution in [0.5, 0.6) is 0 Å². The molecule has 1 saturated heterocycles. The highest BCUT2D eigenvalue weighted by atomic mass is 35.5. The maximum Gasteiger partial charge on any atom is 0.257 e. The van der Waals surface area contributed by atoms with Crippen LogP contribution in [-0.4, -0.2) is 47.8 Å². The fraction of sp³-hybridized carbons (Fsp3) is 0.647. The van der Waals surface area contributed by atoms with Crippen LogP contribution in [0.4, 0.5) is 0 Å². The molecule has 2 aliphatic rings. The van der Waals surface area contributed by atoms with E-state index in [1.165, 1.54) is 25.5 Å². The van der Waals surface area contributed by atoms with Gasteiger partial charge in [0.15, 0.2) is 0 Å². The maximum absolute atomic E-state index is 12.5. The number of hydrogen-bond acceptors (Lipinski definition) is 4. The molecule has 1 aliphatic heterocycles. The lowest BCUT2D eigenvalue weighted by Gasteiger charge is -2.37. The molecule has 0 radical (unpaired) electrons. The molecule has 24 heavy (non-hydrogen) atoms. The van der Waals surface area contributed by atoms with Crippen LogP contribution in [0.15, 0.2) is 16.7 Å². The Bertz CT molecular complexity index is 561. The average Bonchev–Trinajstić information content (AvgIpc) is 3.10. The van der Waals surface area contributed by atoms with Gasteiger partial charge in [0, 0.05) is 32.1 Å². The summed E-state index contributed by atoms with van der Waals surface area (Å²) >= 11 is 0. The summed E-state index contributed by atoms with van der Waals surface area (Å²) in [6.07, 6.45) is 7.09. The molecule has 1 aromatic heterocycles. The second-order valence-corrected chi connectivity index (χ2v) is 6.46. The number of amides is 2. The van der Waals surface area contributed by atoms with Crippen molar-refractivity contribution < 1.29 is 14.0 Å². The summed E-state index contributed by atoms with van der Waals surface area (Å²) in [6.45, 7) is 2.71. The van der Waals surface area contributed by atoms with Crippen molar-refractivity contribution in [1.29, 1.82) is 0 Å². The SMILES string of the molecule is Cl.NCc1cc(C(=O)N2CCN(C(=O)C3CCCCC3)CC2)co1. The fourth-order valence-electron chi connectivity index (χ4n) is 3.52. The van der Waals surface area contributed by atoms with Gasteiger partial charge in [0.2, 0.25) is 5.91 Å². The molecular formula is C17H26ClN3O3. The van der Waals surface area contributed by atoms with Gasteiger partial charge >= 0.3 is 0 Å². The Kier molecular flexibility index (Phi) is 6.69. The third kappa shape index (κ3) is 4.11. The highest BCUT2D eigenvalue weighted by Gasteiger charge is 2.30. The van der Waals surface area contributed by atoms with Crippen LogP contribution in [0.3, 0.4) is 0 Å². The summed E-state index contributed by atoms with van der Waals surface area (Å²) in [4.78, 5) is 28.7. The molecule has 1 aromatic rings. The summed E-state index contributed by atoms with van der Waals surface area (Å²) in [5.41, 5.74) is 6.04. The van der Waals surface area contributed by atoms with Crippen LogP contribution in [0.2, 0.25) is 0 Å². The monoisotopic (exact) mass is 355 g/mol. The van der Waals surface area contributed by atoms with Gasteiger partial charge in [-0.05, 0) is 18.9 Å². The molecule has 0 spiro atoms. The summed E-state index contributed by atoms with van der Waals surface area (Å²) < 4.78 is 5.23. The lowest BCUT2D eigenvalue weighted by molar-refractivity contribution is -0.138. The first-order chi connectivity index (χ1) is 11.2. The predicted octanol–water partition coefficient (Wildman–Crippen LogP) is 2.02. The molecular weight excluding hydrogens is 330 g/mol. The topological polar surface area (TPSA) is 79.8 Å². The Morgan fingerprint density at radius 1 is 1.08 bits per heavy atom. The van der Waals surface area contributed by atoms with E-state index >= 15 is 0 Å². The maximum atomic E-state index is 12.5. The van der Waals surface area contributed by atoms with Crippen molar-refractivity contribution in [2.24, 2.45) is 11.7 Å². The Morgan fingerprint density at radius 3 is 2.29 bits per heavy atom. The fourth-order valence-corrected chi connectivity index (χ4v) is 3.52. The van der Waals surface area contributed by atoms with Crippen molar-refractivity contribution in [2.75, 3.05) is 26.2 Å². The molecule has 2 heterocycles. The lowest BCUT2D eigenvalue weighted by Crippen LogP contribution is -2.52.